The molecule has 0 saturated carbocycles. The van der Waals surface area contributed by atoms with Crippen LogP contribution in [0.3, 0.4) is 0 Å². The maximum atomic E-state index is 13.7. The Morgan fingerprint density at radius 1 is 1.37 bits per heavy atom. The van der Waals surface area contributed by atoms with E-state index in [1.807, 2.05) is 6.07 Å². The third-order valence-electron chi connectivity index (χ3n) is 7.14. The minimum absolute atomic E-state index is 0.00901. The van der Waals surface area contributed by atoms with E-state index in [0.717, 1.165) is 4.57 Å². The lowest BCUT2D eigenvalue weighted by atomic mass is 9.98. The van der Waals surface area contributed by atoms with E-state index in [1.165, 1.54) is 17.8 Å². The number of hydrogen-bond acceptors (Lipinski definition) is 9. The molecule has 14 heteroatoms. The molecule has 1 fully saturated rings. The van der Waals surface area contributed by atoms with Crippen molar-refractivity contribution in [3.05, 3.63) is 58.1 Å². The molecule has 1 saturated heterocycles. The Labute approximate surface area is 238 Å². The summed E-state index contributed by atoms with van der Waals surface area (Å²) in [4.78, 5) is 40.8. The molecule has 0 aliphatic carbocycles. The van der Waals surface area contributed by atoms with E-state index >= 15 is 0 Å². The summed E-state index contributed by atoms with van der Waals surface area (Å²) >= 11 is 0. The van der Waals surface area contributed by atoms with Crippen molar-refractivity contribution in [2.45, 2.75) is 90.0 Å². The van der Waals surface area contributed by atoms with Gasteiger partial charge in [0.05, 0.1) is 12.7 Å². The molecule has 1 unspecified atom stereocenters. The van der Waals surface area contributed by atoms with Gasteiger partial charge in [-0.25, -0.2) is 14.0 Å². The van der Waals surface area contributed by atoms with Gasteiger partial charge in [-0.2, -0.15) is 10.2 Å². The highest BCUT2D eigenvalue weighted by Gasteiger charge is 2.57. The van der Waals surface area contributed by atoms with E-state index < -0.39 is 61.6 Å². The van der Waals surface area contributed by atoms with Gasteiger partial charge in [0.1, 0.15) is 24.1 Å². The molecular formula is C27H38N5O8P. The third kappa shape index (κ3) is 6.76. The number of ether oxygens (including phenoxy) is 1. The van der Waals surface area contributed by atoms with Crippen LogP contribution in [0.5, 0.6) is 0 Å². The zero-order valence-corrected chi connectivity index (χ0v) is 24.9. The molecule has 0 spiro atoms. The highest BCUT2D eigenvalue weighted by atomic mass is 31.2. The lowest BCUT2D eigenvalue weighted by molar-refractivity contribution is -0.137. The molecule has 5 atom stereocenters. The van der Waals surface area contributed by atoms with Crippen LogP contribution in [-0.2, 0) is 19.6 Å². The van der Waals surface area contributed by atoms with Gasteiger partial charge in [-0.3, -0.25) is 13.9 Å². The molecule has 1 aliphatic heterocycles. The number of aryl methyl sites for hydroxylation is 1. The standard InChI is InChI=1S/C27H38N5O8P/c1-17(2)32(26(4,5)13-10-14-28)41(37,38)40-21-20(16-33)39-27(6,22(21)34)31-15-18(3)23(30-25(31)36)29-24(35)19-11-8-7-9-12-19/h7-9,11-12,15,17,20-22,33-34H,10,13,16H2,1-6H3,(H,37,38)(H,29,30,35,36)/t20-,21-,22-,27-/m1/s1. The van der Waals surface area contributed by atoms with Gasteiger partial charge < -0.3 is 25.2 Å². The number of benzene rings is 1. The largest absolute Gasteiger partial charge is 0.406 e. The van der Waals surface area contributed by atoms with Crippen molar-refractivity contribution < 1.29 is 33.7 Å². The van der Waals surface area contributed by atoms with Crippen molar-refractivity contribution in [2.24, 2.45) is 0 Å². The van der Waals surface area contributed by atoms with Gasteiger partial charge >= 0.3 is 13.4 Å². The average molecular weight is 592 g/mol. The molecule has 1 aliphatic rings. The molecule has 41 heavy (non-hydrogen) atoms. The molecule has 13 nitrogen and oxygen atoms in total. The first-order chi connectivity index (χ1) is 19.1. The highest BCUT2D eigenvalue weighted by molar-refractivity contribution is 7.50. The number of carbonyl (C=O) groups excluding carboxylic acids is 1. The number of anilines is 1. The number of nitriles is 1. The van der Waals surface area contributed by atoms with Crippen LogP contribution in [-0.4, -0.2) is 71.7 Å². The minimum Gasteiger partial charge on any atom is -0.394 e. The van der Waals surface area contributed by atoms with Crippen LogP contribution in [0, 0.1) is 18.3 Å². The van der Waals surface area contributed by atoms with Crippen molar-refractivity contribution >= 4 is 19.5 Å². The van der Waals surface area contributed by atoms with Gasteiger partial charge in [-0.1, -0.05) is 18.2 Å². The summed E-state index contributed by atoms with van der Waals surface area (Å²) in [6, 6.07) is 9.91. The fraction of sp³-hybridized carbons (Fsp3) is 0.556. The minimum atomic E-state index is -4.66. The van der Waals surface area contributed by atoms with Crippen molar-refractivity contribution in [2.75, 3.05) is 11.9 Å². The van der Waals surface area contributed by atoms with Crippen molar-refractivity contribution in [1.29, 1.82) is 5.26 Å². The van der Waals surface area contributed by atoms with Crippen LogP contribution in [0.1, 0.15) is 63.4 Å². The number of nitrogens with zero attached hydrogens (tertiary/aromatic N) is 4. The van der Waals surface area contributed by atoms with Crippen molar-refractivity contribution in [3.8, 4) is 6.07 Å². The van der Waals surface area contributed by atoms with Gasteiger partial charge in [0.15, 0.2) is 5.72 Å². The Morgan fingerprint density at radius 2 is 2.00 bits per heavy atom. The molecule has 224 valence electrons. The zero-order valence-electron chi connectivity index (χ0n) is 24.0. The van der Waals surface area contributed by atoms with E-state index in [-0.39, 0.29) is 18.7 Å². The number of nitrogens with one attached hydrogen (secondary N) is 1. The van der Waals surface area contributed by atoms with E-state index in [0.29, 0.717) is 11.1 Å². The monoisotopic (exact) mass is 591 g/mol. The number of aromatic nitrogens is 2. The summed E-state index contributed by atoms with van der Waals surface area (Å²) < 4.78 is 27.4. The van der Waals surface area contributed by atoms with Gasteiger partial charge in [-0.05, 0) is 60.1 Å². The van der Waals surface area contributed by atoms with E-state index in [4.69, 9.17) is 14.5 Å². The smallest absolute Gasteiger partial charge is 0.394 e. The van der Waals surface area contributed by atoms with E-state index in [2.05, 4.69) is 10.3 Å². The molecule has 1 aromatic heterocycles. The summed E-state index contributed by atoms with van der Waals surface area (Å²) in [7, 11) is -4.66. The number of carbonyl (C=O) groups is 1. The fourth-order valence-electron chi connectivity index (χ4n) is 5.20. The number of aliphatic hydroxyl groups excluding tert-OH is 2. The van der Waals surface area contributed by atoms with E-state index in [9.17, 15) is 29.3 Å². The molecule has 2 aromatic rings. The number of rotatable bonds is 11. The molecular weight excluding hydrogens is 553 g/mol. The molecule has 1 aromatic carbocycles. The summed E-state index contributed by atoms with van der Waals surface area (Å²) in [5.41, 5.74) is -2.94. The van der Waals surface area contributed by atoms with Crippen molar-refractivity contribution in [3.63, 3.8) is 0 Å². The first kappa shape index (κ1) is 32.6. The van der Waals surface area contributed by atoms with Crippen LogP contribution in [0.25, 0.3) is 0 Å². The molecule has 0 bridgehead atoms. The highest BCUT2D eigenvalue weighted by Crippen LogP contribution is 2.56. The second-order valence-corrected chi connectivity index (χ2v) is 12.7. The molecule has 0 radical (unpaired) electrons. The molecule has 1 amide bonds. The van der Waals surface area contributed by atoms with Crippen molar-refractivity contribution in [1.82, 2.24) is 14.2 Å². The summed E-state index contributed by atoms with van der Waals surface area (Å²) in [5.74, 6) is -0.462. The van der Waals surface area contributed by atoms with Crippen LogP contribution in [0.15, 0.2) is 41.3 Å². The summed E-state index contributed by atoms with van der Waals surface area (Å²) in [6.45, 7) is 9.08. The second-order valence-electron chi connectivity index (χ2n) is 11.1. The predicted molar refractivity (Wildman–Crippen MR) is 150 cm³/mol. The first-order valence-electron chi connectivity index (χ1n) is 13.2. The first-order valence-corrected chi connectivity index (χ1v) is 14.7. The number of hydrogen-bond donors (Lipinski definition) is 4. The summed E-state index contributed by atoms with van der Waals surface area (Å²) in [6.07, 6.45) is -2.75. The third-order valence-corrected chi connectivity index (χ3v) is 9.21. The lowest BCUT2D eigenvalue weighted by Crippen LogP contribution is -2.50. The van der Waals surface area contributed by atoms with Crippen LogP contribution in [0.4, 0.5) is 5.82 Å². The molecule has 2 heterocycles. The van der Waals surface area contributed by atoms with Crippen LogP contribution in [0.2, 0.25) is 0 Å². The van der Waals surface area contributed by atoms with Gasteiger partial charge in [0, 0.05) is 35.3 Å². The Bertz CT molecular complexity index is 1390. The maximum Gasteiger partial charge on any atom is 0.406 e. The lowest BCUT2D eigenvalue weighted by Gasteiger charge is -2.43. The Morgan fingerprint density at radius 3 is 2.56 bits per heavy atom. The maximum absolute atomic E-state index is 13.7. The number of amides is 1. The topological polar surface area (TPSA) is 187 Å². The van der Waals surface area contributed by atoms with Gasteiger partial charge in [0.2, 0.25) is 0 Å². The quantitative estimate of drug-likeness (QED) is 0.281. The number of aliphatic hydroxyl groups is 2. The van der Waals surface area contributed by atoms with Crippen LogP contribution >= 0.6 is 7.75 Å². The summed E-state index contributed by atoms with van der Waals surface area (Å²) in [5, 5.41) is 33.0. The Kier molecular flexibility index (Phi) is 9.93. The second kappa shape index (κ2) is 12.5. The van der Waals surface area contributed by atoms with Gasteiger partial charge in [0.25, 0.3) is 5.91 Å². The van der Waals surface area contributed by atoms with E-state index in [1.54, 1.807) is 65.0 Å². The Balaban J connectivity index is 1.92. The van der Waals surface area contributed by atoms with Gasteiger partial charge in [-0.15, -0.1) is 0 Å². The normalized spacial score (nSPS) is 24.3. The average Bonchev–Trinajstić information content (AvgIpc) is 3.14. The molecule has 3 rings (SSSR count). The fourth-order valence-corrected chi connectivity index (χ4v) is 7.24. The van der Waals surface area contributed by atoms with Crippen LogP contribution < -0.4 is 11.0 Å². The predicted octanol–water partition coefficient (Wildman–Crippen LogP) is 2.51. The zero-order chi connectivity index (χ0) is 30.8. The Hall–Kier alpha value is -2.95. The SMILES string of the molecule is Cc1cn([C@]2(C)O[C@H](CO)[C@@H](OP(=O)(O)N(C(C)C)C(C)(C)CCC#N)[C@H]2O)c(=O)nc1NC(=O)c1ccccc1. The molecule has 4 N–H and O–H groups in total.